The van der Waals surface area contributed by atoms with Crippen LogP contribution in [0.5, 0.6) is 0 Å². The van der Waals surface area contributed by atoms with Crippen molar-refractivity contribution in [1.29, 1.82) is 0 Å². The molecular weight excluding hydrogens is 298 g/mol. The van der Waals surface area contributed by atoms with Gasteiger partial charge in [0.05, 0.1) is 15.1 Å². The molecule has 0 aliphatic heterocycles. The van der Waals surface area contributed by atoms with Crippen molar-refractivity contribution in [3.05, 3.63) is 57.6 Å². The molecule has 0 atom stereocenters. The number of aromatic nitrogens is 1. The van der Waals surface area contributed by atoms with E-state index in [1.54, 1.807) is 18.2 Å². The highest BCUT2D eigenvalue weighted by Gasteiger charge is 2.10. The van der Waals surface area contributed by atoms with Gasteiger partial charge in [-0.15, -0.1) is 0 Å². The fourth-order valence-corrected chi connectivity index (χ4v) is 2.78. The quantitative estimate of drug-likeness (QED) is 0.567. The molecule has 1 aromatic heterocycles. The summed E-state index contributed by atoms with van der Waals surface area (Å²) < 4.78 is 0.774. The van der Waals surface area contributed by atoms with Gasteiger partial charge in [0.2, 0.25) is 0 Å². The fourth-order valence-electron chi connectivity index (χ4n) is 1.74. The van der Waals surface area contributed by atoms with Crippen LogP contribution < -0.4 is 5.32 Å². The molecule has 3 rings (SSSR count). The van der Waals surface area contributed by atoms with Crippen molar-refractivity contribution in [1.82, 2.24) is 4.98 Å². The Balaban J connectivity index is 1.92. The molecule has 3 aromatic rings. The molecule has 1 N–H and O–H groups in total. The molecule has 0 saturated carbocycles. The molecule has 5 nitrogen and oxygen atoms in total. The second kappa shape index (κ2) is 5.07. The van der Waals surface area contributed by atoms with E-state index in [0.717, 1.165) is 15.9 Å². The molecule has 2 aromatic carbocycles. The summed E-state index contributed by atoms with van der Waals surface area (Å²) >= 11 is 7.19. The lowest BCUT2D eigenvalue weighted by Crippen LogP contribution is -1.88. The van der Waals surface area contributed by atoms with Crippen LogP contribution in [0.25, 0.3) is 10.2 Å². The lowest BCUT2D eigenvalue weighted by Gasteiger charge is -2.01. The molecule has 0 amide bonds. The van der Waals surface area contributed by atoms with Crippen LogP contribution in [0.4, 0.5) is 16.5 Å². The Labute approximate surface area is 123 Å². The van der Waals surface area contributed by atoms with Crippen molar-refractivity contribution >= 4 is 49.7 Å². The first-order chi connectivity index (χ1) is 9.61. The number of nitro benzene ring substituents is 1. The molecule has 20 heavy (non-hydrogen) atoms. The Morgan fingerprint density at radius 2 is 1.95 bits per heavy atom. The molecule has 0 unspecified atom stereocenters. The first-order valence-electron chi connectivity index (χ1n) is 5.69. The molecule has 0 radical (unpaired) electrons. The number of nitrogens with zero attached hydrogens (tertiary/aromatic N) is 2. The van der Waals surface area contributed by atoms with Crippen LogP contribution in [-0.2, 0) is 0 Å². The molecule has 1 heterocycles. The van der Waals surface area contributed by atoms with Crippen molar-refractivity contribution in [2.45, 2.75) is 0 Å². The summed E-state index contributed by atoms with van der Waals surface area (Å²) in [5.74, 6) is 0. The van der Waals surface area contributed by atoms with E-state index in [-0.39, 0.29) is 5.69 Å². The Kier molecular flexibility index (Phi) is 3.25. The number of hydrogen-bond donors (Lipinski definition) is 1. The van der Waals surface area contributed by atoms with E-state index in [2.05, 4.69) is 10.3 Å². The van der Waals surface area contributed by atoms with E-state index < -0.39 is 4.92 Å². The summed E-state index contributed by atoms with van der Waals surface area (Å²) in [7, 11) is 0. The van der Waals surface area contributed by atoms with Crippen LogP contribution in [0.3, 0.4) is 0 Å². The van der Waals surface area contributed by atoms with Gasteiger partial charge in [0, 0.05) is 22.8 Å². The molecular formula is C13H8ClN3O2S. The SMILES string of the molecule is O=[N+]([O-])c1ccc2nc(Nc3ccc(Cl)cc3)sc2c1. The third-order valence-corrected chi connectivity index (χ3v) is 3.86. The minimum absolute atomic E-state index is 0.0687. The predicted molar refractivity (Wildman–Crippen MR) is 81.0 cm³/mol. The van der Waals surface area contributed by atoms with Crippen molar-refractivity contribution in [2.24, 2.45) is 0 Å². The lowest BCUT2D eigenvalue weighted by molar-refractivity contribution is -0.384. The number of halogens is 1. The van der Waals surface area contributed by atoms with Crippen LogP contribution in [0, 0.1) is 10.1 Å². The largest absolute Gasteiger partial charge is 0.332 e. The van der Waals surface area contributed by atoms with Gasteiger partial charge >= 0.3 is 0 Å². The Hall–Kier alpha value is -2.18. The molecule has 100 valence electrons. The number of anilines is 2. The van der Waals surface area contributed by atoms with Crippen LogP contribution >= 0.6 is 22.9 Å². The zero-order valence-corrected chi connectivity index (χ0v) is 11.6. The minimum atomic E-state index is -0.411. The topological polar surface area (TPSA) is 68.1 Å². The van der Waals surface area contributed by atoms with Crippen molar-refractivity contribution in [3.8, 4) is 0 Å². The van der Waals surface area contributed by atoms with E-state index in [9.17, 15) is 10.1 Å². The summed E-state index contributed by atoms with van der Waals surface area (Å²) in [6.07, 6.45) is 0. The summed E-state index contributed by atoms with van der Waals surface area (Å²) in [5.41, 5.74) is 1.67. The van der Waals surface area contributed by atoms with Crippen molar-refractivity contribution < 1.29 is 4.92 Å². The zero-order valence-electron chi connectivity index (χ0n) is 10.0. The zero-order chi connectivity index (χ0) is 14.1. The van der Waals surface area contributed by atoms with Crippen molar-refractivity contribution in [2.75, 3.05) is 5.32 Å². The summed E-state index contributed by atoms with van der Waals surface area (Å²) in [4.78, 5) is 14.7. The van der Waals surface area contributed by atoms with Gasteiger partial charge in [-0.25, -0.2) is 4.98 Å². The average molecular weight is 306 g/mol. The second-order valence-corrected chi connectivity index (χ2v) is 5.53. The number of benzene rings is 2. The van der Waals surface area contributed by atoms with Gasteiger partial charge in [-0.2, -0.15) is 0 Å². The highest BCUT2D eigenvalue weighted by atomic mass is 35.5. The maximum Gasteiger partial charge on any atom is 0.270 e. The fraction of sp³-hybridized carbons (Fsp3) is 0. The highest BCUT2D eigenvalue weighted by molar-refractivity contribution is 7.22. The predicted octanol–water partition coefficient (Wildman–Crippen LogP) is 4.60. The summed E-state index contributed by atoms with van der Waals surface area (Å²) in [5, 5.41) is 15.2. The van der Waals surface area contributed by atoms with Gasteiger partial charge in [-0.05, 0) is 30.3 Å². The molecule has 0 aliphatic carbocycles. The molecule has 0 bridgehead atoms. The number of nitrogens with one attached hydrogen (secondary N) is 1. The maximum absolute atomic E-state index is 10.7. The van der Waals surface area contributed by atoms with Gasteiger partial charge in [0.1, 0.15) is 0 Å². The molecule has 0 aliphatic rings. The van der Waals surface area contributed by atoms with Gasteiger partial charge in [0.25, 0.3) is 5.69 Å². The maximum atomic E-state index is 10.7. The normalized spacial score (nSPS) is 10.7. The van der Waals surface area contributed by atoms with Crippen molar-refractivity contribution in [3.63, 3.8) is 0 Å². The highest BCUT2D eigenvalue weighted by Crippen LogP contribution is 2.31. The van der Waals surface area contributed by atoms with Crippen LogP contribution in [0.2, 0.25) is 5.02 Å². The van der Waals surface area contributed by atoms with E-state index in [1.165, 1.54) is 23.5 Å². The minimum Gasteiger partial charge on any atom is -0.332 e. The molecule has 0 fully saturated rings. The van der Waals surface area contributed by atoms with E-state index in [1.807, 2.05) is 12.1 Å². The number of rotatable bonds is 3. The van der Waals surface area contributed by atoms with Crippen LogP contribution in [0.15, 0.2) is 42.5 Å². The monoisotopic (exact) mass is 305 g/mol. The smallest absolute Gasteiger partial charge is 0.270 e. The second-order valence-electron chi connectivity index (χ2n) is 4.06. The van der Waals surface area contributed by atoms with Gasteiger partial charge in [-0.1, -0.05) is 22.9 Å². The number of nitro groups is 1. The van der Waals surface area contributed by atoms with Crippen LogP contribution in [0.1, 0.15) is 0 Å². The first-order valence-corrected chi connectivity index (χ1v) is 6.89. The molecule has 0 saturated heterocycles. The van der Waals surface area contributed by atoms with Gasteiger partial charge in [0.15, 0.2) is 5.13 Å². The summed E-state index contributed by atoms with van der Waals surface area (Å²) in [6.45, 7) is 0. The summed E-state index contributed by atoms with van der Waals surface area (Å²) in [6, 6.07) is 11.9. The number of non-ortho nitro benzene ring substituents is 1. The first kappa shape index (κ1) is 12.8. The van der Waals surface area contributed by atoms with E-state index in [4.69, 9.17) is 11.6 Å². The third kappa shape index (κ3) is 2.56. The van der Waals surface area contributed by atoms with E-state index >= 15 is 0 Å². The standard InChI is InChI=1S/C13H8ClN3O2S/c14-8-1-3-9(4-2-8)15-13-16-11-6-5-10(17(18)19)7-12(11)20-13/h1-7H,(H,15,16). The Morgan fingerprint density at radius 1 is 1.20 bits per heavy atom. The van der Waals surface area contributed by atoms with Crippen LogP contribution in [-0.4, -0.2) is 9.91 Å². The number of thiazole rings is 1. The van der Waals surface area contributed by atoms with Gasteiger partial charge in [-0.3, -0.25) is 10.1 Å². The Morgan fingerprint density at radius 3 is 2.65 bits per heavy atom. The molecule has 0 spiro atoms. The van der Waals surface area contributed by atoms with E-state index in [0.29, 0.717) is 10.2 Å². The number of fused-ring (bicyclic) bond motifs is 1. The lowest BCUT2D eigenvalue weighted by atomic mass is 10.3. The third-order valence-electron chi connectivity index (χ3n) is 2.68. The van der Waals surface area contributed by atoms with Gasteiger partial charge < -0.3 is 5.32 Å². The Bertz CT molecular complexity index is 786. The molecule has 7 heteroatoms. The average Bonchev–Trinajstić information content (AvgIpc) is 2.82. The number of hydrogen-bond acceptors (Lipinski definition) is 5.